The molecule has 0 radical (unpaired) electrons. The predicted molar refractivity (Wildman–Crippen MR) is 135 cm³/mol. The first kappa shape index (κ1) is 24.7. The van der Waals surface area contributed by atoms with Crippen molar-refractivity contribution in [1.29, 1.82) is 0 Å². The first-order chi connectivity index (χ1) is 18.0. The average molecular weight is 521 g/mol. The Kier molecular flexibility index (Phi) is 7.34. The number of halogens is 1. The number of aromatic nitrogens is 1. The predicted octanol–water partition coefficient (Wildman–Crippen LogP) is 2.94. The molecule has 5 rings (SSSR count). The van der Waals surface area contributed by atoms with Gasteiger partial charge in [-0.15, -0.1) is 0 Å². The summed E-state index contributed by atoms with van der Waals surface area (Å²) in [7, 11) is 0. The number of fused-ring (bicyclic) bond motifs is 1. The van der Waals surface area contributed by atoms with Gasteiger partial charge in [-0.3, -0.25) is 14.4 Å². The molecule has 0 unspecified atom stereocenters. The van der Waals surface area contributed by atoms with Crippen LogP contribution in [0.5, 0.6) is 11.6 Å². The minimum absolute atomic E-state index is 0.0702. The number of nitrogens with zero attached hydrogens (tertiary/aromatic N) is 2. The summed E-state index contributed by atoms with van der Waals surface area (Å²) in [5, 5.41) is 6.25. The second kappa shape index (κ2) is 11.0. The van der Waals surface area contributed by atoms with Crippen LogP contribution in [0.4, 0.5) is 0 Å². The number of piperazine rings is 1. The van der Waals surface area contributed by atoms with Gasteiger partial charge >= 0.3 is 0 Å². The van der Waals surface area contributed by atoms with Gasteiger partial charge in [-0.05, 0) is 48.4 Å². The Morgan fingerprint density at radius 2 is 1.86 bits per heavy atom. The lowest BCUT2D eigenvalue weighted by Crippen LogP contribution is -2.62. The SMILES string of the molecule is O=C(N[C@H]1C[C@H]2C(=O)N[C@@H](COCc3ccccc3)C(=O)N2C1)c1cccnc1Oc1ccc(Cl)cc1. The third-order valence-electron chi connectivity index (χ3n) is 6.28. The number of carbonyl (C=O) groups is 3. The molecule has 0 bridgehead atoms. The second-order valence-electron chi connectivity index (χ2n) is 8.89. The molecule has 0 aliphatic carbocycles. The smallest absolute Gasteiger partial charge is 0.257 e. The Hall–Kier alpha value is -3.95. The monoisotopic (exact) mass is 520 g/mol. The summed E-state index contributed by atoms with van der Waals surface area (Å²) in [6, 6.07) is 17.7. The molecule has 37 heavy (non-hydrogen) atoms. The van der Waals surface area contributed by atoms with Crippen molar-refractivity contribution in [1.82, 2.24) is 20.5 Å². The van der Waals surface area contributed by atoms with Crippen LogP contribution in [0.15, 0.2) is 72.9 Å². The fourth-order valence-electron chi connectivity index (χ4n) is 4.47. The first-order valence-electron chi connectivity index (χ1n) is 11.9. The number of pyridine rings is 1. The third-order valence-corrected chi connectivity index (χ3v) is 6.53. The Labute approximate surface area is 218 Å². The zero-order chi connectivity index (χ0) is 25.8. The molecule has 2 saturated heterocycles. The van der Waals surface area contributed by atoms with Crippen molar-refractivity contribution in [3.63, 3.8) is 0 Å². The minimum atomic E-state index is -0.764. The van der Waals surface area contributed by atoms with Crippen LogP contribution in [0.25, 0.3) is 0 Å². The van der Waals surface area contributed by atoms with Gasteiger partial charge in [0.2, 0.25) is 17.7 Å². The van der Waals surface area contributed by atoms with Crippen LogP contribution in [-0.4, -0.2) is 58.9 Å². The third kappa shape index (κ3) is 5.73. The fraction of sp³-hybridized carbons (Fsp3) is 0.259. The largest absolute Gasteiger partial charge is 0.438 e. The van der Waals surface area contributed by atoms with Gasteiger partial charge in [-0.25, -0.2) is 4.98 Å². The maximum Gasteiger partial charge on any atom is 0.257 e. The first-order valence-corrected chi connectivity index (χ1v) is 12.3. The zero-order valence-electron chi connectivity index (χ0n) is 19.8. The van der Waals surface area contributed by atoms with Crippen molar-refractivity contribution >= 4 is 29.3 Å². The van der Waals surface area contributed by atoms with E-state index in [9.17, 15) is 14.4 Å². The van der Waals surface area contributed by atoms with E-state index in [0.29, 0.717) is 23.8 Å². The molecule has 0 saturated carbocycles. The van der Waals surface area contributed by atoms with Gasteiger partial charge in [-0.2, -0.15) is 0 Å². The molecule has 2 aromatic carbocycles. The van der Waals surface area contributed by atoms with Gasteiger partial charge in [-0.1, -0.05) is 41.9 Å². The topological polar surface area (TPSA) is 110 Å². The van der Waals surface area contributed by atoms with E-state index in [-0.39, 0.29) is 36.4 Å². The molecule has 2 fully saturated rings. The van der Waals surface area contributed by atoms with Crippen LogP contribution in [0.3, 0.4) is 0 Å². The van der Waals surface area contributed by atoms with Gasteiger partial charge in [0.05, 0.1) is 13.2 Å². The molecule has 0 spiro atoms. The van der Waals surface area contributed by atoms with Gasteiger partial charge < -0.3 is 25.0 Å². The van der Waals surface area contributed by atoms with Crippen LogP contribution >= 0.6 is 11.6 Å². The van der Waals surface area contributed by atoms with E-state index < -0.39 is 24.0 Å². The van der Waals surface area contributed by atoms with Crippen molar-refractivity contribution in [2.75, 3.05) is 13.2 Å². The van der Waals surface area contributed by atoms with E-state index in [1.165, 1.54) is 11.1 Å². The fourth-order valence-corrected chi connectivity index (χ4v) is 4.59. The van der Waals surface area contributed by atoms with Crippen molar-refractivity contribution in [3.05, 3.63) is 89.1 Å². The van der Waals surface area contributed by atoms with E-state index in [4.69, 9.17) is 21.1 Å². The van der Waals surface area contributed by atoms with Gasteiger partial charge in [0.25, 0.3) is 5.91 Å². The number of hydrogen-bond donors (Lipinski definition) is 2. The van der Waals surface area contributed by atoms with E-state index >= 15 is 0 Å². The summed E-state index contributed by atoms with van der Waals surface area (Å²) < 4.78 is 11.5. The summed E-state index contributed by atoms with van der Waals surface area (Å²) in [6.07, 6.45) is 1.84. The van der Waals surface area contributed by atoms with Crippen molar-refractivity contribution in [2.24, 2.45) is 0 Å². The Morgan fingerprint density at radius 3 is 2.65 bits per heavy atom. The van der Waals surface area contributed by atoms with Crippen LogP contribution in [0.2, 0.25) is 5.02 Å². The van der Waals surface area contributed by atoms with E-state index in [2.05, 4.69) is 15.6 Å². The second-order valence-corrected chi connectivity index (χ2v) is 9.32. The Bertz CT molecular complexity index is 1290. The summed E-state index contributed by atoms with van der Waals surface area (Å²) in [5.74, 6) is -0.252. The van der Waals surface area contributed by atoms with Crippen molar-refractivity contribution in [2.45, 2.75) is 31.2 Å². The summed E-state index contributed by atoms with van der Waals surface area (Å²) in [4.78, 5) is 44.6. The highest BCUT2D eigenvalue weighted by molar-refractivity contribution is 6.30. The molecule has 3 aromatic rings. The quantitative estimate of drug-likeness (QED) is 0.472. The van der Waals surface area contributed by atoms with Crippen molar-refractivity contribution in [3.8, 4) is 11.6 Å². The minimum Gasteiger partial charge on any atom is -0.438 e. The van der Waals surface area contributed by atoms with Crippen LogP contribution in [-0.2, 0) is 20.9 Å². The van der Waals surface area contributed by atoms with Gasteiger partial charge in [0.1, 0.15) is 23.4 Å². The van der Waals surface area contributed by atoms with Gasteiger partial charge in [0.15, 0.2) is 0 Å². The molecule has 9 nitrogen and oxygen atoms in total. The average Bonchev–Trinajstić information content (AvgIpc) is 3.34. The van der Waals surface area contributed by atoms with Crippen LogP contribution in [0, 0.1) is 0 Å². The maximum atomic E-state index is 13.1. The number of amides is 3. The lowest BCUT2D eigenvalue weighted by Gasteiger charge is -2.34. The standard InChI is InChI=1S/C27H25ClN4O5/c28-18-8-10-20(11-9-18)37-26-21(7-4-12-29-26)24(33)30-19-13-23-25(34)31-22(27(35)32(23)14-19)16-36-15-17-5-2-1-3-6-17/h1-12,19,22-23H,13-16H2,(H,30,33)(H,31,34)/t19-,22-,23-/m0/s1. The number of rotatable bonds is 8. The molecule has 190 valence electrons. The molecule has 1 aromatic heterocycles. The number of nitrogens with one attached hydrogen (secondary N) is 2. The maximum absolute atomic E-state index is 13.1. The number of hydrogen-bond acceptors (Lipinski definition) is 6. The molecular weight excluding hydrogens is 496 g/mol. The highest BCUT2D eigenvalue weighted by Crippen LogP contribution is 2.26. The molecule has 3 amide bonds. The molecule has 2 N–H and O–H groups in total. The Morgan fingerprint density at radius 1 is 1.08 bits per heavy atom. The number of carbonyl (C=O) groups excluding carboxylic acids is 3. The normalized spacial score (nSPS) is 20.8. The summed E-state index contributed by atoms with van der Waals surface area (Å²) >= 11 is 5.92. The zero-order valence-corrected chi connectivity index (χ0v) is 20.6. The van der Waals surface area contributed by atoms with Crippen LogP contribution in [0.1, 0.15) is 22.3 Å². The molecule has 2 aliphatic rings. The van der Waals surface area contributed by atoms with E-state index in [1.807, 2.05) is 30.3 Å². The van der Waals surface area contributed by atoms with Gasteiger partial charge in [0, 0.05) is 23.8 Å². The molecule has 3 heterocycles. The lowest BCUT2D eigenvalue weighted by molar-refractivity contribution is -0.148. The van der Waals surface area contributed by atoms with Crippen molar-refractivity contribution < 1.29 is 23.9 Å². The summed E-state index contributed by atoms with van der Waals surface area (Å²) in [5.41, 5.74) is 1.22. The molecule has 2 aliphatic heterocycles. The number of benzene rings is 2. The highest BCUT2D eigenvalue weighted by atomic mass is 35.5. The Balaban J connectivity index is 1.20. The molecule has 3 atom stereocenters. The highest BCUT2D eigenvalue weighted by Gasteiger charge is 2.46. The lowest BCUT2D eigenvalue weighted by atomic mass is 10.1. The molecular formula is C27H25ClN4O5. The number of ether oxygens (including phenoxy) is 2. The molecule has 10 heteroatoms. The van der Waals surface area contributed by atoms with Crippen LogP contribution < -0.4 is 15.4 Å². The van der Waals surface area contributed by atoms with E-state index in [0.717, 1.165) is 5.56 Å². The summed E-state index contributed by atoms with van der Waals surface area (Å²) in [6.45, 7) is 0.639. The van der Waals surface area contributed by atoms with E-state index in [1.54, 1.807) is 36.4 Å².